The highest BCUT2D eigenvalue weighted by atomic mass is 16.5. The van der Waals surface area contributed by atoms with Gasteiger partial charge in [-0.05, 0) is 37.3 Å². The predicted molar refractivity (Wildman–Crippen MR) is 111 cm³/mol. The average Bonchev–Trinajstić information content (AvgIpc) is 2.84. The molecule has 146 valence electrons. The van der Waals surface area contributed by atoms with Gasteiger partial charge < -0.3 is 25.8 Å². The topological polar surface area (TPSA) is 95.0 Å². The van der Waals surface area contributed by atoms with Gasteiger partial charge in [-0.2, -0.15) is 0 Å². The number of hydrogen-bond donors (Lipinski definition) is 4. The summed E-state index contributed by atoms with van der Waals surface area (Å²) in [6.45, 7) is 7.86. The molecule has 7 nitrogen and oxygen atoms in total. The van der Waals surface area contributed by atoms with Gasteiger partial charge in [-0.1, -0.05) is 18.7 Å². The largest absolute Gasteiger partial charge is 0.508 e. The number of anilines is 2. The van der Waals surface area contributed by atoms with E-state index in [9.17, 15) is 9.90 Å². The molecule has 1 aliphatic heterocycles. The van der Waals surface area contributed by atoms with Crippen LogP contribution in [0.2, 0.25) is 0 Å². The third-order valence-corrected chi connectivity index (χ3v) is 4.15. The van der Waals surface area contributed by atoms with E-state index in [-0.39, 0.29) is 11.8 Å². The van der Waals surface area contributed by atoms with Crippen LogP contribution in [0.1, 0.15) is 18.1 Å². The number of benzodiazepines with no additional fused rings is 1. The highest BCUT2D eigenvalue weighted by Crippen LogP contribution is 2.28. The van der Waals surface area contributed by atoms with Gasteiger partial charge in [0.2, 0.25) is 0 Å². The van der Waals surface area contributed by atoms with Crippen LogP contribution < -0.4 is 16.0 Å². The molecule has 0 unspecified atom stereocenters. The molecule has 0 aliphatic carbocycles. The van der Waals surface area contributed by atoms with Gasteiger partial charge in [-0.25, -0.2) is 4.79 Å². The quantitative estimate of drug-likeness (QED) is 0.457. The molecule has 2 aromatic rings. The molecule has 4 N–H and O–H groups in total. The van der Waals surface area contributed by atoms with Crippen molar-refractivity contribution in [1.29, 1.82) is 0 Å². The zero-order valence-corrected chi connectivity index (χ0v) is 15.8. The summed E-state index contributed by atoms with van der Waals surface area (Å²) in [4.78, 5) is 16.5. The lowest BCUT2D eigenvalue weighted by Crippen LogP contribution is -2.31. The first-order chi connectivity index (χ1) is 13.6. The van der Waals surface area contributed by atoms with Gasteiger partial charge in [0.1, 0.15) is 5.75 Å². The number of benzene rings is 2. The lowest BCUT2D eigenvalue weighted by Gasteiger charge is -2.12. The molecule has 0 atom stereocenters. The minimum absolute atomic E-state index is 0.169. The maximum absolute atomic E-state index is 11.9. The number of fused-ring (bicyclic) bond motifs is 1. The van der Waals surface area contributed by atoms with Crippen LogP contribution >= 0.6 is 0 Å². The van der Waals surface area contributed by atoms with E-state index in [4.69, 9.17) is 4.74 Å². The fourth-order valence-electron chi connectivity index (χ4n) is 2.84. The molecule has 1 aliphatic rings. The number of aliphatic imine (C=N–C) groups is 1. The molecule has 0 bridgehead atoms. The van der Waals surface area contributed by atoms with Crippen LogP contribution in [-0.2, 0) is 4.74 Å². The Kier molecular flexibility index (Phi) is 6.29. The minimum atomic E-state index is -0.282. The second kappa shape index (κ2) is 9.05. The summed E-state index contributed by atoms with van der Waals surface area (Å²) in [6, 6.07) is 12.2. The van der Waals surface area contributed by atoms with Crippen LogP contribution in [0.25, 0.3) is 0 Å². The van der Waals surface area contributed by atoms with Crippen molar-refractivity contribution in [1.82, 2.24) is 5.32 Å². The van der Waals surface area contributed by atoms with Crippen molar-refractivity contribution in [3.63, 3.8) is 0 Å². The lowest BCUT2D eigenvalue weighted by molar-refractivity contribution is 0.150. The van der Waals surface area contributed by atoms with Crippen LogP contribution in [0.15, 0.2) is 59.7 Å². The molecule has 0 radical (unpaired) electrons. The smallest absolute Gasteiger partial charge is 0.319 e. The van der Waals surface area contributed by atoms with E-state index in [2.05, 4.69) is 27.5 Å². The number of ether oxygens (including phenoxy) is 1. The average molecular weight is 380 g/mol. The van der Waals surface area contributed by atoms with Crippen molar-refractivity contribution in [2.24, 2.45) is 4.99 Å². The molecule has 0 saturated heterocycles. The number of nitrogens with zero attached hydrogens (tertiary/aromatic N) is 1. The molecule has 0 saturated carbocycles. The fourth-order valence-corrected chi connectivity index (χ4v) is 2.84. The van der Waals surface area contributed by atoms with E-state index >= 15 is 0 Å². The van der Waals surface area contributed by atoms with Gasteiger partial charge in [0.05, 0.1) is 18.9 Å². The van der Waals surface area contributed by atoms with Crippen LogP contribution in [0.5, 0.6) is 5.75 Å². The summed E-state index contributed by atoms with van der Waals surface area (Å²) in [5.41, 5.74) is 4.73. The molecule has 2 amide bonds. The fraction of sp³-hybridized carbons (Fsp3) is 0.238. The van der Waals surface area contributed by atoms with Crippen LogP contribution in [-0.4, -0.2) is 43.2 Å². The van der Waals surface area contributed by atoms with E-state index in [1.165, 1.54) is 0 Å². The van der Waals surface area contributed by atoms with E-state index in [0.29, 0.717) is 32.0 Å². The van der Waals surface area contributed by atoms with Gasteiger partial charge >= 0.3 is 6.03 Å². The molecule has 0 aromatic heterocycles. The summed E-state index contributed by atoms with van der Waals surface area (Å²) in [5.74, 6) is 0.169. The molecule has 3 rings (SSSR count). The summed E-state index contributed by atoms with van der Waals surface area (Å²) >= 11 is 0. The number of carbonyl (C=O) groups excluding carboxylic acids is 1. The summed E-state index contributed by atoms with van der Waals surface area (Å²) in [7, 11) is 0. The minimum Gasteiger partial charge on any atom is -0.508 e. The molecule has 7 heteroatoms. The van der Waals surface area contributed by atoms with Crippen molar-refractivity contribution in [3.05, 3.63) is 65.9 Å². The third kappa shape index (κ3) is 4.89. The summed E-state index contributed by atoms with van der Waals surface area (Å²) in [5, 5.41) is 18.6. The van der Waals surface area contributed by atoms with Crippen LogP contribution in [0, 0.1) is 0 Å². The maximum Gasteiger partial charge on any atom is 0.319 e. The monoisotopic (exact) mass is 380 g/mol. The number of hydrogen-bond acceptors (Lipinski definition) is 5. The Morgan fingerprint density at radius 2 is 2.07 bits per heavy atom. The number of urea groups is 1. The van der Waals surface area contributed by atoms with Crippen molar-refractivity contribution >= 4 is 23.1 Å². The van der Waals surface area contributed by atoms with Crippen molar-refractivity contribution < 1.29 is 14.6 Å². The molecule has 2 aromatic carbocycles. The van der Waals surface area contributed by atoms with Gasteiger partial charge in [-0.3, -0.25) is 4.99 Å². The summed E-state index contributed by atoms with van der Waals surface area (Å²) in [6.07, 6.45) is 0. The highest BCUT2D eigenvalue weighted by molar-refractivity contribution is 6.16. The predicted octanol–water partition coefficient (Wildman–Crippen LogP) is 3.33. The molecule has 0 fully saturated rings. The Labute approximate surface area is 164 Å². The van der Waals surface area contributed by atoms with Crippen molar-refractivity contribution in [2.45, 2.75) is 6.92 Å². The van der Waals surface area contributed by atoms with E-state index in [1.807, 2.05) is 31.2 Å². The number of amides is 2. The van der Waals surface area contributed by atoms with Crippen molar-refractivity contribution in [3.8, 4) is 5.75 Å². The van der Waals surface area contributed by atoms with E-state index < -0.39 is 0 Å². The maximum atomic E-state index is 11.9. The molecular weight excluding hydrogens is 356 g/mol. The Bertz CT molecular complexity index is 891. The van der Waals surface area contributed by atoms with Gasteiger partial charge in [-0.15, -0.1) is 0 Å². The number of aromatic hydroxyl groups is 1. The van der Waals surface area contributed by atoms with Crippen molar-refractivity contribution in [2.75, 3.05) is 36.9 Å². The van der Waals surface area contributed by atoms with Gasteiger partial charge in [0, 0.05) is 41.4 Å². The second-order valence-electron chi connectivity index (χ2n) is 6.28. The van der Waals surface area contributed by atoms with Gasteiger partial charge in [0.15, 0.2) is 0 Å². The molecule has 1 heterocycles. The van der Waals surface area contributed by atoms with E-state index in [1.54, 1.807) is 18.2 Å². The zero-order valence-electron chi connectivity index (χ0n) is 15.8. The Balaban J connectivity index is 1.74. The standard InChI is InChI=1S/C21H24N4O3/c1-3-28-11-10-22-21(27)25-16-6-4-15(5-7-16)20-18-12-17(26)8-9-19(18)24-14(2)13-23-20/h4-9,12,24,26H,2-3,10-11,13H2,1H3,(H2,22,25,27). The Morgan fingerprint density at radius 3 is 2.82 bits per heavy atom. The van der Waals surface area contributed by atoms with E-state index in [0.717, 1.165) is 28.2 Å². The first-order valence-electron chi connectivity index (χ1n) is 9.12. The first kappa shape index (κ1) is 19.4. The third-order valence-electron chi connectivity index (χ3n) is 4.15. The van der Waals surface area contributed by atoms with Gasteiger partial charge in [0.25, 0.3) is 0 Å². The molecular formula is C21H24N4O3. The SMILES string of the molecule is C=C1CN=C(c2ccc(NC(=O)NCCOCC)cc2)c2cc(O)ccc2N1. The lowest BCUT2D eigenvalue weighted by atomic mass is 10.00. The number of carbonyl (C=O) groups is 1. The zero-order chi connectivity index (χ0) is 19.9. The Hall–Kier alpha value is -3.32. The number of nitrogens with one attached hydrogen (secondary N) is 3. The summed E-state index contributed by atoms with van der Waals surface area (Å²) < 4.78 is 5.19. The number of rotatable bonds is 6. The number of phenols is 1. The highest BCUT2D eigenvalue weighted by Gasteiger charge is 2.16. The normalized spacial score (nSPS) is 13.0. The first-order valence-corrected chi connectivity index (χ1v) is 9.12. The Morgan fingerprint density at radius 1 is 1.29 bits per heavy atom. The van der Waals surface area contributed by atoms with Crippen LogP contribution in [0.4, 0.5) is 16.2 Å². The molecule has 28 heavy (non-hydrogen) atoms. The molecule has 0 spiro atoms. The second-order valence-corrected chi connectivity index (χ2v) is 6.28. The van der Waals surface area contributed by atoms with Crippen LogP contribution in [0.3, 0.4) is 0 Å². The number of phenolic OH excluding ortho intramolecular Hbond substituents is 1.